The fourth-order valence-corrected chi connectivity index (χ4v) is 4.66. The van der Waals surface area contributed by atoms with Crippen LogP contribution >= 0.6 is 0 Å². The van der Waals surface area contributed by atoms with Crippen LogP contribution in [0, 0.1) is 35.0 Å². The van der Waals surface area contributed by atoms with Crippen LogP contribution in [0.25, 0.3) is 33.7 Å². The van der Waals surface area contributed by atoms with Crippen LogP contribution in [0.4, 0.5) is 0 Å². The monoisotopic (exact) mass is 408 g/mol. The van der Waals surface area contributed by atoms with E-state index in [0.29, 0.717) is 30.7 Å². The van der Waals surface area contributed by atoms with E-state index in [0.717, 1.165) is 28.0 Å². The zero-order chi connectivity index (χ0) is 21.6. The Hall–Kier alpha value is -4.04. The average Bonchev–Trinajstić information content (AvgIpc) is 3.41. The molecule has 31 heavy (non-hydrogen) atoms. The summed E-state index contributed by atoms with van der Waals surface area (Å²) < 4.78 is 1.85. The van der Waals surface area contributed by atoms with Gasteiger partial charge in [-0.3, -0.25) is 14.8 Å². The maximum Gasteiger partial charge on any atom is 0.111 e. The van der Waals surface area contributed by atoms with Gasteiger partial charge in [0.25, 0.3) is 0 Å². The quantitative estimate of drug-likeness (QED) is 0.542. The molecule has 1 aliphatic carbocycles. The summed E-state index contributed by atoms with van der Waals surface area (Å²) in [5.74, 6) is 0. The fourth-order valence-electron chi connectivity index (χ4n) is 4.66. The molecule has 8 heteroatoms. The van der Waals surface area contributed by atoms with Crippen molar-refractivity contribution in [2.75, 3.05) is 0 Å². The number of aromatic nitrogens is 6. The molecule has 0 unspecified atom stereocenters. The van der Waals surface area contributed by atoms with Gasteiger partial charge in [0.1, 0.15) is 17.1 Å². The van der Waals surface area contributed by atoms with E-state index in [1.807, 2.05) is 55.1 Å². The van der Waals surface area contributed by atoms with E-state index in [9.17, 15) is 10.5 Å². The molecule has 4 heterocycles. The number of hydrogen-bond acceptors (Lipinski definition) is 6. The first-order valence-corrected chi connectivity index (χ1v) is 10.1. The summed E-state index contributed by atoms with van der Waals surface area (Å²) in [4.78, 5) is 9.38. The topological polar surface area (TPSA) is 120 Å². The summed E-state index contributed by atoms with van der Waals surface area (Å²) in [5.41, 5.74) is 3.77. The SMILES string of the molecule is Cc1cc(-c2cc3ncccc3c(-c3ccn([C@]4(CC#N)C[C@](C)(C#N)C4)n3)n2)n[nH]1. The first-order valence-electron chi connectivity index (χ1n) is 10.1. The minimum absolute atomic E-state index is 0.313. The zero-order valence-electron chi connectivity index (χ0n) is 17.3. The molecule has 1 aliphatic rings. The van der Waals surface area contributed by atoms with Crippen LogP contribution in [0.3, 0.4) is 0 Å². The molecular formula is C23H20N8. The summed E-state index contributed by atoms with van der Waals surface area (Å²) in [5, 5.41) is 31.9. The Bertz CT molecular complexity index is 1370. The molecule has 0 bridgehead atoms. The average molecular weight is 408 g/mol. The molecule has 0 atom stereocenters. The van der Waals surface area contributed by atoms with Crippen molar-refractivity contribution >= 4 is 10.9 Å². The number of H-pyrrole nitrogens is 1. The van der Waals surface area contributed by atoms with Crippen LogP contribution in [0.1, 0.15) is 31.9 Å². The van der Waals surface area contributed by atoms with Gasteiger partial charge in [-0.25, -0.2) is 4.98 Å². The summed E-state index contributed by atoms with van der Waals surface area (Å²) in [7, 11) is 0. The van der Waals surface area contributed by atoms with Gasteiger partial charge >= 0.3 is 0 Å². The zero-order valence-corrected chi connectivity index (χ0v) is 17.3. The van der Waals surface area contributed by atoms with Crippen LogP contribution in [-0.4, -0.2) is 29.9 Å². The third-order valence-corrected chi connectivity index (χ3v) is 6.00. The number of fused-ring (bicyclic) bond motifs is 1. The van der Waals surface area contributed by atoms with Gasteiger partial charge in [-0.15, -0.1) is 0 Å². The smallest absolute Gasteiger partial charge is 0.111 e. The number of aryl methyl sites for hydroxylation is 1. The lowest BCUT2D eigenvalue weighted by atomic mass is 9.58. The molecule has 0 radical (unpaired) electrons. The van der Waals surface area contributed by atoms with E-state index in [4.69, 9.17) is 10.1 Å². The maximum atomic E-state index is 9.45. The van der Waals surface area contributed by atoms with Gasteiger partial charge in [0.15, 0.2) is 0 Å². The Kier molecular flexibility index (Phi) is 4.13. The van der Waals surface area contributed by atoms with Crippen LogP contribution < -0.4 is 0 Å². The van der Waals surface area contributed by atoms with E-state index < -0.39 is 11.0 Å². The molecule has 0 amide bonds. The van der Waals surface area contributed by atoms with Crippen molar-refractivity contribution in [1.82, 2.24) is 29.9 Å². The lowest BCUT2D eigenvalue weighted by molar-refractivity contribution is 0.0200. The number of pyridine rings is 2. The van der Waals surface area contributed by atoms with Crippen LogP contribution in [0.2, 0.25) is 0 Å². The molecular weight excluding hydrogens is 388 g/mol. The van der Waals surface area contributed by atoms with Gasteiger partial charge in [-0.2, -0.15) is 20.7 Å². The highest BCUT2D eigenvalue weighted by atomic mass is 15.3. The number of nitrogens with zero attached hydrogens (tertiary/aromatic N) is 7. The Labute approximate surface area is 179 Å². The first kappa shape index (κ1) is 19.0. The standard InChI is InChI=1S/C23H20N8/c1-15-10-20(29-28-15)19-11-18-16(4-3-8-26-18)21(27-19)17-5-9-31(30-17)23(6-7-24)12-22(2,13-23)14-25/h3-5,8-11H,6,12-13H2,1-2H3,(H,28,29)/t22-,23+. The molecule has 5 rings (SSSR count). The molecule has 8 nitrogen and oxygen atoms in total. The van der Waals surface area contributed by atoms with Gasteiger partial charge in [0.05, 0.1) is 40.7 Å². The fraction of sp³-hybridized carbons (Fsp3) is 0.304. The Balaban J connectivity index is 1.62. The lowest BCUT2D eigenvalue weighted by Crippen LogP contribution is -2.51. The molecule has 4 aromatic heterocycles. The van der Waals surface area contributed by atoms with Crippen LogP contribution in [-0.2, 0) is 5.54 Å². The highest BCUT2D eigenvalue weighted by Gasteiger charge is 2.54. The van der Waals surface area contributed by atoms with Crippen molar-refractivity contribution < 1.29 is 0 Å². The number of rotatable bonds is 4. The second-order valence-corrected chi connectivity index (χ2v) is 8.59. The van der Waals surface area contributed by atoms with E-state index >= 15 is 0 Å². The van der Waals surface area contributed by atoms with Gasteiger partial charge in [-0.1, -0.05) is 0 Å². The summed E-state index contributed by atoms with van der Waals surface area (Å²) in [6.07, 6.45) is 5.16. The number of hydrogen-bond donors (Lipinski definition) is 1. The van der Waals surface area contributed by atoms with E-state index in [1.165, 1.54) is 0 Å². The molecule has 0 aliphatic heterocycles. The predicted molar refractivity (Wildman–Crippen MR) is 114 cm³/mol. The van der Waals surface area contributed by atoms with Crippen molar-refractivity contribution in [2.24, 2.45) is 5.41 Å². The van der Waals surface area contributed by atoms with E-state index in [1.54, 1.807) is 6.20 Å². The Morgan fingerprint density at radius 3 is 2.71 bits per heavy atom. The summed E-state index contributed by atoms with van der Waals surface area (Å²) in [6.45, 7) is 3.88. The number of aromatic amines is 1. The minimum atomic E-state index is -0.456. The van der Waals surface area contributed by atoms with Gasteiger partial charge in [-0.05, 0) is 57.0 Å². The molecule has 152 valence electrons. The van der Waals surface area contributed by atoms with E-state index in [2.05, 4.69) is 27.3 Å². The van der Waals surface area contributed by atoms with Crippen molar-refractivity contribution in [3.05, 3.63) is 48.4 Å². The second-order valence-electron chi connectivity index (χ2n) is 8.59. The van der Waals surface area contributed by atoms with Gasteiger partial charge in [0, 0.05) is 23.5 Å². The highest BCUT2D eigenvalue weighted by Crippen LogP contribution is 2.54. The lowest BCUT2D eigenvalue weighted by Gasteiger charge is -2.50. The van der Waals surface area contributed by atoms with Crippen molar-refractivity contribution in [2.45, 2.75) is 38.6 Å². The first-order chi connectivity index (χ1) is 15.0. The molecule has 0 spiro atoms. The number of nitriles is 2. The molecule has 1 N–H and O–H groups in total. The third-order valence-electron chi connectivity index (χ3n) is 6.00. The highest BCUT2D eigenvalue weighted by molar-refractivity contribution is 5.93. The minimum Gasteiger partial charge on any atom is -0.282 e. The van der Waals surface area contributed by atoms with Gasteiger partial charge < -0.3 is 0 Å². The Morgan fingerprint density at radius 1 is 1.16 bits per heavy atom. The molecule has 4 aromatic rings. The van der Waals surface area contributed by atoms with Crippen LogP contribution in [0.15, 0.2) is 42.7 Å². The predicted octanol–water partition coefficient (Wildman–Crippen LogP) is 4.12. The van der Waals surface area contributed by atoms with Crippen molar-refractivity contribution in [1.29, 1.82) is 10.5 Å². The van der Waals surface area contributed by atoms with Crippen LogP contribution in [0.5, 0.6) is 0 Å². The van der Waals surface area contributed by atoms with Crippen molar-refractivity contribution in [3.8, 4) is 34.9 Å². The molecule has 1 saturated carbocycles. The molecule has 0 saturated heterocycles. The Morgan fingerprint density at radius 2 is 2.00 bits per heavy atom. The largest absolute Gasteiger partial charge is 0.282 e. The van der Waals surface area contributed by atoms with Crippen molar-refractivity contribution in [3.63, 3.8) is 0 Å². The maximum absolute atomic E-state index is 9.45. The third kappa shape index (κ3) is 3.04. The van der Waals surface area contributed by atoms with E-state index in [-0.39, 0.29) is 0 Å². The summed E-state index contributed by atoms with van der Waals surface area (Å²) >= 11 is 0. The molecule has 0 aromatic carbocycles. The second kappa shape index (κ2) is 6.75. The summed E-state index contributed by atoms with van der Waals surface area (Å²) in [6, 6.07) is 14.3. The molecule has 1 fully saturated rings. The normalized spacial score (nSPS) is 22.6. The number of nitrogens with one attached hydrogen (secondary N) is 1. The van der Waals surface area contributed by atoms with Gasteiger partial charge in [0.2, 0.25) is 0 Å².